The van der Waals surface area contributed by atoms with Crippen LogP contribution in [0.5, 0.6) is 0 Å². The summed E-state index contributed by atoms with van der Waals surface area (Å²) in [6.07, 6.45) is 4.23. The second kappa shape index (κ2) is 4.49. The molecular formula is C11H17N3O. The number of nitrogens with two attached hydrogens (primary N) is 1. The second-order valence-corrected chi connectivity index (χ2v) is 3.87. The fourth-order valence-electron chi connectivity index (χ4n) is 1.63. The number of rotatable bonds is 5. The van der Waals surface area contributed by atoms with Gasteiger partial charge in [-0.05, 0) is 25.0 Å². The molecule has 0 aromatic carbocycles. The van der Waals surface area contributed by atoms with Gasteiger partial charge in [0, 0.05) is 19.7 Å². The molecule has 2 rings (SSSR count). The summed E-state index contributed by atoms with van der Waals surface area (Å²) in [5, 5.41) is 0. The summed E-state index contributed by atoms with van der Waals surface area (Å²) in [7, 11) is 1.72. The molecule has 0 radical (unpaired) electrons. The number of hydrogen-bond acceptors (Lipinski definition) is 4. The lowest BCUT2D eigenvalue weighted by Crippen LogP contribution is -2.30. The first-order valence-corrected chi connectivity index (χ1v) is 5.28. The Bertz CT molecular complexity index is 308. The Morgan fingerprint density at radius 1 is 1.53 bits per heavy atom. The van der Waals surface area contributed by atoms with Crippen LogP contribution in [0.3, 0.4) is 0 Å². The van der Waals surface area contributed by atoms with Crippen LogP contribution in [0.15, 0.2) is 18.3 Å². The Kier molecular flexibility index (Phi) is 3.06. The van der Waals surface area contributed by atoms with E-state index in [1.807, 2.05) is 12.1 Å². The van der Waals surface area contributed by atoms with Crippen molar-refractivity contribution in [1.82, 2.24) is 4.98 Å². The minimum absolute atomic E-state index is 0.649. The third-order valence-corrected chi connectivity index (χ3v) is 2.59. The molecule has 1 fully saturated rings. The Morgan fingerprint density at radius 2 is 2.33 bits per heavy atom. The van der Waals surface area contributed by atoms with Crippen molar-refractivity contribution < 1.29 is 4.74 Å². The molecule has 0 spiro atoms. The van der Waals surface area contributed by atoms with Crippen LogP contribution >= 0.6 is 0 Å². The quantitative estimate of drug-likeness (QED) is 0.790. The lowest BCUT2D eigenvalue weighted by atomic mass is 10.3. The molecule has 1 heterocycles. The minimum Gasteiger partial charge on any atom is -0.397 e. The average molecular weight is 207 g/mol. The van der Waals surface area contributed by atoms with E-state index in [9.17, 15) is 0 Å². The van der Waals surface area contributed by atoms with Crippen molar-refractivity contribution in [1.29, 1.82) is 0 Å². The molecule has 0 aliphatic heterocycles. The van der Waals surface area contributed by atoms with E-state index in [1.165, 1.54) is 12.8 Å². The molecule has 1 aromatic rings. The van der Waals surface area contributed by atoms with Gasteiger partial charge >= 0.3 is 0 Å². The first-order chi connectivity index (χ1) is 7.31. The fraction of sp³-hybridized carbons (Fsp3) is 0.545. The van der Waals surface area contributed by atoms with Crippen LogP contribution in [0, 0.1) is 0 Å². The number of nitrogen functional groups attached to an aromatic ring is 1. The molecule has 0 saturated heterocycles. The maximum atomic E-state index is 5.61. The van der Waals surface area contributed by atoms with Crippen molar-refractivity contribution in [3.8, 4) is 0 Å². The first kappa shape index (κ1) is 10.2. The number of nitrogens with zero attached hydrogens (tertiary/aromatic N) is 2. The van der Waals surface area contributed by atoms with Crippen molar-refractivity contribution in [2.75, 3.05) is 30.9 Å². The summed E-state index contributed by atoms with van der Waals surface area (Å²) in [4.78, 5) is 6.63. The molecule has 0 unspecified atom stereocenters. The van der Waals surface area contributed by atoms with Crippen LogP contribution in [-0.2, 0) is 4.74 Å². The maximum absolute atomic E-state index is 5.61. The lowest BCUT2D eigenvalue weighted by molar-refractivity contribution is 0.204. The minimum atomic E-state index is 0.649. The van der Waals surface area contributed by atoms with Crippen LogP contribution in [0.25, 0.3) is 0 Å². The number of methoxy groups -OCH3 is 1. The molecule has 1 saturated carbocycles. The number of aromatic nitrogens is 1. The zero-order chi connectivity index (χ0) is 10.7. The molecule has 1 aliphatic rings. The molecule has 4 heteroatoms. The predicted octanol–water partition coefficient (Wildman–Crippen LogP) is 1.28. The van der Waals surface area contributed by atoms with Gasteiger partial charge in [0.15, 0.2) is 0 Å². The van der Waals surface area contributed by atoms with E-state index in [0.717, 1.165) is 19.0 Å². The molecule has 1 aliphatic carbocycles. The molecule has 82 valence electrons. The van der Waals surface area contributed by atoms with Crippen molar-refractivity contribution in [2.45, 2.75) is 18.9 Å². The van der Waals surface area contributed by atoms with Crippen molar-refractivity contribution in [3.05, 3.63) is 18.3 Å². The zero-order valence-electron chi connectivity index (χ0n) is 9.02. The highest BCUT2D eigenvalue weighted by Crippen LogP contribution is 2.30. The topological polar surface area (TPSA) is 51.4 Å². The van der Waals surface area contributed by atoms with E-state index in [4.69, 9.17) is 10.5 Å². The van der Waals surface area contributed by atoms with Crippen LogP contribution in [0.4, 0.5) is 11.5 Å². The van der Waals surface area contributed by atoms with Crippen molar-refractivity contribution >= 4 is 11.5 Å². The molecule has 0 bridgehead atoms. The Labute approximate surface area is 90.0 Å². The number of anilines is 2. The highest BCUT2D eigenvalue weighted by molar-refractivity contribution is 5.47. The van der Waals surface area contributed by atoms with Gasteiger partial charge in [-0.2, -0.15) is 0 Å². The first-order valence-electron chi connectivity index (χ1n) is 5.28. The number of pyridine rings is 1. The number of hydrogen-bond donors (Lipinski definition) is 1. The van der Waals surface area contributed by atoms with Gasteiger partial charge in [0.05, 0.1) is 18.5 Å². The largest absolute Gasteiger partial charge is 0.397 e. The van der Waals surface area contributed by atoms with E-state index in [1.54, 1.807) is 13.3 Å². The summed E-state index contributed by atoms with van der Waals surface area (Å²) in [6, 6.07) is 4.52. The number of ether oxygens (including phenoxy) is 1. The molecule has 15 heavy (non-hydrogen) atoms. The van der Waals surface area contributed by atoms with Gasteiger partial charge in [0.1, 0.15) is 5.82 Å². The van der Waals surface area contributed by atoms with Gasteiger partial charge in [-0.1, -0.05) is 0 Å². The standard InChI is InChI=1S/C11H17N3O/c1-15-7-6-14(10-3-4-10)11-5-2-9(12)8-13-11/h2,5,8,10H,3-4,6-7,12H2,1H3. The van der Waals surface area contributed by atoms with Crippen molar-refractivity contribution in [2.24, 2.45) is 0 Å². The summed E-state index contributed by atoms with van der Waals surface area (Å²) in [5.74, 6) is 1.00. The highest BCUT2D eigenvalue weighted by atomic mass is 16.5. The van der Waals surface area contributed by atoms with Crippen molar-refractivity contribution in [3.63, 3.8) is 0 Å². The fourth-order valence-corrected chi connectivity index (χ4v) is 1.63. The Morgan fingerprint density at radius 3 is 2.87 bits per heavy atom. The third-order valence-electron chi connectivity index (χ3n) is 2.59. The highest BCUT2D eigenvalue weighted by Gasteiger charge is 2.29. The summed E-state index contributed by atoms with van der Waals surface area (Å²) in [5.41, 5.74) is 6.32. The van der Waals surface area contributed by atoms with Gasteiger partial charge in [-0.15, -0.1) is 0 Å². The van der Waals surface area contributed by atoms with Crippen LogP contribution in [0.2, 0.25) is 0 Å². The second-order valence-electron chi connectivity index (χ2n) is 3.87. The van der Waals surface area contributed by atoms with Gasteiger partial charge in [-0.3, -0.25) is 0 Å². The molecule has 4 nitrogen and oxygen atoms in total. The van der Waals surface area contributed by atoms with E-state index in [0.29, 0.717) is 11.7 Å². The van der Waals surface area contributed by atoms with Crippen LogP contribution in [-0.4, -0.2) is 31.3 Å². The van der Waals surface area contributed by atoms with Crippen LogP contribution < -0.4 is 10.6 Å². The summed E-state index contributed by atoms with van der Waals surface area (Å²) in [6.45, 7) is 1.64. The molecule has 2 N–H and O–H groups in total. The van der Waals surface area contributed by atoms with E-state index in [-0.39, 0.29) is 0 Å². The Balaban J connectivity index is 2.06. The Hall–Kier alpha value is -1.29. The summed E-state index contributed by atoms with van der Waals surface area (Å²) < 4.78 is 5.10. The normalized spacial score (nSPS) is 15.3. The van der Waals surface area contributed by atoms with E-state index in [2.05, 4.69) is 9.88 Å². The molecule has 0 amide bonds. The smallest absolute Gasteiger partial charge is 0.128 e. The predicted molar refractivity (Wildman–Crippen MR) is 60.9 cm³/mol. The zero-order valence-corrected chi connectivity index (χ0v) is 9.02. The van der Waals surface area contributed by atoms with Gasteiger partial charge in [0.25, 0.3) is 0 Å². The third kappa shape index (κ3) is 2.59. The SMILES string of the molecule is COCCN(c1ccc(N)cn1)C1CC1. The lowest BCUT2D eigenvalue weighted by Gasteiger charge is -2.22. The monoisotopic (exact) mass is 207 g/mol. The van der Waals surface area contributed by atoms with E-state index < -0.39 is 0 Å². The van der Waals surface area contributed by atoms with Gasteiger partial charge < -0.3 is 15.4 Å². The van der Waals surface area contributed by atoms with E-state index >= 15 is 0 Å². The molecule has 0 atom stereocenters. The summed E-state index contributed by atoms with van der Waals surface area (Å²) >= 11 is 0. The van der Waals surface area contributed by atoms with Crippen LogP contribution in [0.1, 0.15) is 12.8 Å². The molecule has 1 aromatic heterocycles. The maximum Gasteiger partial charge on any atom is 0.128 e. The molecular weight excluding hydrogens is 190 g/mol. The average Bonchev–Trinajstić information content (AvgIpc) is 3.05. The van der Waals surface area contributed by atoms with Gasteiger partial charge in [0.2, 0.25) is 0 Å². The van der Waals surface area contributed by atoms with Gasteiger partial charge in [-0.25, -0.2) is 4.98 Å².